The van der Waals surface area contributed by atoms with Crippen molar-refractivity contribution in [3.8, 4) is 11.1 Å². The zero-order valence-corrected chi connectivity index (χ0v) is 17.2. The molecule has 1 heterocycles. The molecule has 7 nitrogen and oxygen atoms in total. The molecule has 0 radical (unpaired) electrons. The fourth-order valence-corrected chi connectivity index (χ4v) is 5.09. The second-order valence-corrected chi connectivity index (χ2v) is 8.81. The van der Waals surface area contributed by atoms with E-state index in [1.165, 1.54) is 25.1 Å². The van der Waals surface area contributed by atoms with Gasteiger partial charge in [-0.05, 0) is 48.5 Å². The van der Waals surface area contributed by atoms with Gasteiger partial charge in [-0.2, -0.15) is 0 Å². The maximum absolute atomic E-state index is 13.9. The van der Waals surface area contributed by atoms with Gasteiger partial charge in [-0.15, -0.1) is 0 Å². The first-order chi connectivity index (χ1) is 14.8. The first kappa shape index (κ1) is 20.5. The predicted octanol–water partition coefficient (Wildman–Crippen LogP) is 3.60. The number of rotatable bonds is 4. The summed E-state index contributed by atoms with van der Waals surface area (Å²) in [5, 5.41) is 5.26. The Morgan fingerprint density at radius 2 is 1.55 bits per heavy atom. The number of anilines is 3. The first-order valence-electron chi connectivity index (χ1n) is 9.35. The molecule has 2 amide bonds. The van der Waals surface area contributed by atoms with Crippen LogP contribution in [0, 0.1) is 5.82 Å². The fourth-order valence-electron chi connectivity index (χ4n) is 3.45. The zero-order valence-electron chi connectivity index (χ0n) is 16.4. The second kappa shape index (κ2) is 7.84. The summed E-state index contributed by atoms with van der Waals surface area (Å²) >= 11 is 0. The van der Waals surface area contributed by atoms with Crippen LogP contribution in [0.1, 0.15) is 6.92 Å². The Balaban J connectivity index is 1.62. The van der Waals surface area contributed by atoms with E-state index in [1.54, 1.807) is 42.5 Å². The molecule has 1 aliphatic heterocycles. The van der Waals surface area contributed by atoms with E-state index in [-0.39, 0.29) is 16.5 Å². The molecule has 0 fully saturated rings. The molecule has 0 atom stereocenters. The highest BCUT2D eigenvalue weighted by atomic mass is 32.2. The van der Waals surface area contributed by atoms with Crippen molar-refractivity contribution in [2.45, 2.75) is 11.8 Å². The summed E-state index contributed by atoms with van der Waals surface area (Å²) < 4.78 is 41.3. The molecule has 0 unspecified atom stereocenters. The molecule has 0 aliphatic carbocycles. The van der Waals surface area contributed by atoms with Crippen molar-refractivity contribution < 1.29 is 22.4 Å². The van der Waals surface area contributed by atoms with Crippen molar-refractivity contribution in [2.24, 2.45) is 0 Å². The second-order valence-electron chi connectivity index (χ2n) is 6.98. The van der Waals surface area contributed by atoms with Gasteiger partial charge in [0, 0.05) is 29.4 Å². The summed E-state index contributed by atoms with van der Waals surface area (Å²) in [6.07, 6.45) is 0. The zero-order chi connectivity index (χ0) is 22.2. The van der Waals surface area contributed by atoms with E-state index in [2.05, 4.69) is 10.6 Å². The van der Waals surface area contributed by atoms with Gasteiger partial charge in [-0.1, -0.05) is 18.2 Å². The van der Waals surface area contributed by atoms with Gasteiger partial charge in [0.15, 0.2) is 0 Å². The molecule has 2 N–H and O–H groups in total. The third-order valence-electron chi connectivity index (χ3n) is 4.75. The van der Waals surface area contributed by atoms with Crippen LogP contribution >= 0.6 is 0 Å². The Morgan fingerprint density at radius 1 is 0.903 bits per heavy atom. The van der Waals surface area contributed by atoms with Gasteiger partial charge in [-0.3, -0.25) is 13.9 Å². The van der Waals surface area contributed by atoms with Gasteiger partial charge in [0.25, 0.3) is 10.0 Å². The summed E-state index contributed by atoms with van der Waals surface area (Å²) in [6.45, 7) is 0.902. The van der Waals surface area contributed by atoms with Gasteiger partial charge in [0.1, 0.15) is 12.4 Å². The van der Waals surface area contributed by atoms with Crippen LogP contribution in [0.15, 0.2) is 71.6 Å². The van der Waals surface area contributed by atoms with E-state index in [9.17, 15) is 22.4 Å². The van der Waals surface area contributed by atoms with Crippen LogP contribution < -0.4 is 14.9 Å². The van der Waals surface area contributed by atoms with Crippen LogP contribution in [-0.2, 0) is 19.6 Å². The molecule has 0 saturated heterocycles. The molecule has 3 aromatic carbocycles. The van der Waals surface area contributed by atoms with Crippen molar-refractivity contribution in [3.05, 3.63) is 72.5 Å². The van der Waals surface area contributed by atoms with Gasteiger partial charge in [0.2, 0.25) is 11.8 Å². The minimum Gasteiger partial charge on any atom is -0.326 e. The summed E-state index contributed by atoms with van der Waals surface area (Å²) in [7, 11) is -4.01. The SMILES string of the molecule is CC(=O)Nc1ccc(NC(=O)CN2c3ccc(F)cc3-c3ccccc3S2(=O)=O)cc1. The molecule has 9 heteroatoms. The molecule has 158 valence electrons. The third kappa shape index (κ3) is 3.99. The Hall–Kier alpha value is -3.72. The molecular formula is C22H18FN3O4S. The Morgan fingerprint density at radius 3 is 2.23 bits per heavy atom. The van der Waals surface area contributed by atoms with Gasteiger partial charge in [-0.25, -0.2) is 12.8 Å². The Kier molecular flexibility index (Phi) is 5.20. The van der Waals surface area contributed by atoms with E-state index >= 15 is 0 Å². The number of hydrogen-bond donors (Lipinski definition) is 2. The van der Waals surface area contributed by atoms with E-state index in [0.717, 1.165) is 10.4 Å². The summed E-state index contributed by atoms with van der Waals surface area (Å²) in [5.74, 6) is -1.29. The predicted molar refractivity (Wildman–Crippen MR) is 116 cm³/mol. The molecule has 4 rings (SSSR count). The maximum Gasteiger partial charge on any atom is 0.265 e. The highest BCUT2D eigenvalue weighted by Gasteiger charge is 2.36. The molecule has 0 saturated carbocycles. The lowest BCUT2D eigenvalue weighted by atomic mass is 10.0. The van der Waals surface area contributed by atoms with E-state index < -0.39 is 28.3 Å². The molecule has 0 aromatic heterocycles. The van der Waals surface area contributed by atoms with Crippen LogP contribution in [0.3, 0.4) is 0 Å². The highest BCUT2D eigenvalue weighted by molar-refractivity contribution is 7.93. The van der Waals surface area contributed by atoms with Crippen LogP contribution in [0.4, 0.5) is 21.5 Å². The lowest BCUT2D eigenvalue weighted by molar-refractivity contribution is -0.115. The van der Waals surface area contributed by atoms with Crippen molar-refractivity contribution in [1.29, 1.82) is 0 Å². The number of fused-ring (bicyclic) bond motifs is 3. The van der Waals surface area contributed by atoms with E-state index in [1.807, 2.05) is 0 Å². The average molecular weight is 439 g/mol. The lowest BCUT2D eigenvalue weighted by Crippen LogP contribution is -2.40. The standard InChI is InChI=1S/C22H18FN3O4S/c1-14(27)24-16-7-9-17(10-8-16)25-22(28)13-26-20-11-6-15(23)12-19(20)18-4-2-3-5-21(18)31(26,29)30/h2-12H,13H2,1H3,(H,24,27)(H,25,28). The third-order valence-corrected chi connectivity index (χ3v) is 6.57. The van der Waals surface area contributed by atoms with Gasteiger partial charge in [0.05, 0.1) is 10.6 Å². The minimum absolute atomic E-state index is 0.0144. The first-order valence-corrected chi connectivity index (χ1v) is 10.8. The maximum atomic E-state index is 13.9. The number of nitrogens with one attached hydrogen (secondary N) is 2. The normalized spacial score (nSPS) is 13.7. The summed E-state index contributed by atoms with van der Waals surface area (Å²) in [5.41, 5.74) is 2.03. The number of nitrogens with zero attached hydrogens (tertiary/aromatic N) is 1. The van der Waals surface area contributed by atoms with Gasteiger partial charge < -0.3 is 10.6 Å². The number of halogens is 1. The van der Waals surface area contributed by atoms with Crippen molar-refractivity contribution >= 4 is 38.9 Å². The fraction of sp³-hybridized carbons (Fsp3) is 0.0909. The van der Waals surface area contributed by atoms with Crippen LogP contribution in [0.5, 0.6) is 0 Å². The molecule has 1 aliphatic rings. The van der Waals surface area contributed by atoms with Crippen molar-refractivity contribution in [3.63, 3.8) is 0 Å². The highest BCUT2D eigenvalue weighted by Crippen LogP contribution is 2.43. The average Bonchev–Trinajstić information content (AvgIpc) is 2.72. The monoisotopic (exact) mass is 439 g/mol. The Labute approximate surface area is 178 Å². The quantitative estimate of drug-likeness (QED) is 0.649. The molecule has 0 bridgehead atoms. The van der Waals surface area contributed by atoms with E-state index in [0.29, 0.717) is 22.5 Å². The smallest absolute Gasteiger partial charge is 0.265 e. The molecule has 0 spiro atoms. The lowest BCUT2D eigenvalue weighted by Gasteiger charge is -2.31. The number of carbonyl (C=O) groups excluding carboxylic acids is 2. The minimum atomic E-state index is -4.01. The summed E-state index contributed by atoms with van der Waals surface area (Å²) in [6, 6.07) is 16.5. The number of hydrogen-bond acceptors (Lipinski definition) is 4. The topological polar surface area (TPSA) is 95.6 Å². The van der Waals surface area contributed by atoms with E-state index in [4.69, 9.17) is 0 Å². The number of sulfonamides is 1. The van der Waals surface area contributed by atoms with Crippen molar-refractivity contribution in [1.82, 2.24) is 0 Å². The number of benzene rings is 3. The summed E-state index contributed by atoms with van der Waals surface area (Å²) in [4.78, 5) is 23.8. The molecular weight excluding hydrogens is 421 g/mol. The van der Waals surface area contributed by atoms with Crippen LogP contribution in [0.2, 0.25) is 0 Å². The Bertz CT molecular complexity index is 1290. The number of carbonyl (C=O) groups is 2. The van der Waals surface area contributed by atoms with Crippen molar-refractivity contribution in [2.75, 3.05) is 21.5 Å². The molecule has 31 heavy (non-hydrogen) atoms. The van der Waals surface area contributed by atoms with Crippen LogP contribution in [0.25, 0.3) is 11.1 Å². The van der Waals surface area contributed by atoms with Gasteiger partial charge >= 0.3 is 0 Å². The number of amides is 2. The largest absolute Gasteiger partial charge is 0.326 e. The van der Waals surface area contributed by atoms with Crippen LogP contribution in [-0.4, -0.2) is 26.8 Å². The molecule has 3 aromatic rings.